The molecule has 0 unspecified atom stereocenters. The molecule has 6 nitrogen and oxygen atoms in total. The summed E-state index contributed by atoms with van der Waals surface area (Å²) in [6, 6.07) is 14.8. The van der Waals surface area contributed by atoms with Gasteiger partial charge in [0.1, 0.15) is 18.6 Å². The van der Waals surface area contributed by atoms with Crippen LogP contribution in [-0.4, -0.2) is 23.2 Å². The third kappa shape index (κ3) is 4.30. The van der Waals surface area contributed by atoms with E-state index in [9.17, 15) is 4.79 Å². The number of hydrogen-bond donors (Lipinski definition) is 1. The van der Waals surface area contributed by atoms with Crippen molar-refractivity contribution in [1.82, 2.24) is 4.98 Å². The molecule has 3 aromatic rings. The van der Waals surface area contributed by atoms with E-state index in [4.69, 9.17) is 19.0 Å². The van der Waals surface area contributed by atoms with E-state index in [2.05, 4.69) is 4.98 Å². The van der Waals surface area contributed by atoms with Gasteiger partial charge in [-0.1, -0.05) is 24.3 Å². The van der Waals surface area contributed by atoms with E-state index in [1.54, 1.807) is 24.5 Å². The molecule has 0 bridgehead atoms. The lowest BCUT2D eigenvalue weighted by Gasteiger charge is -2.10. The number of carboxylic acids is 1. The van der Waals surface area contributed by atoms with Crippen LogP contribution in [-0.2, 0) is 11.4 Å². The number of ether oxygens (including phenoxy) is 2. The van der Waals surface area contributed by atoms with Gasteiger partial charge in [-0.3, -0.25) is 0 Å². The van der Waals surface area contributed by atoms with Crippen LogP contribution in [0.5, 0.6) is 11.5 Å². The monoisotopic (exact) mass is 351 g/mol. The van der Waals surface area contributed by atoms with E-state index in [-0.39, 0.29) is 6.61 Å². The number of methoxy groups -OCH3 is 1. The second-order valence-electron chi connectivity index (χ2n) is 5.38. The molecule has 1 aromatic heterocycles. The first-order valence-corrected chi connectivity index (χ1v) is 7.87. The van der Waals surface area contributed by atoms with Gasteiger partial charge in [-0.2, -0.15) is 0 Å². The van der Waals surface area contributed by atoms with Gasteiger partial charge in [0, 0.05) is 11.6 Å². The Hall–Kier alpha value is -3.54. The molecule has 0 aliphatic rings. The molecular weight excluding hydrogens is 334 g/mol. The molecule has 0 aliphatic carbocycles. The maximum Gasteiger partial charge on any atom is 0.328 e. The van der Waals surface area contributed by atoms with Gasteiger partial charge in [0.05, 0.1) is 7.11 Å². The van der Waals surface area contributed by atoms with Crippen LogP contribution in [0.4, 0.5) is 0 Å². The maximum absolute atomic E-state index is 10.6. The summed E-state index contributed by atoms with van der Waals surface area (Å²) in [5.74, 6) is 0.559. The largest absolute Gasteiger partial charge is 0.493 e. The van der Waals surface area contributed by atoms with Crippen LogP contribution in [0, 0.1) is 0 Å². The molecule has 0 amide bonds. The second-order valence-corrected chi connectivity index (χ2v) is 5.38. The lowest BCUT2D eigenvalue weighted by atomic mass is 10.2. The molecule has 6 heteroatoms. The van der Waals surface area contributed by atoms with Crippen molar-refractivity contribution in [2.45, 2.75) is 6.61 Å². The second kappa shape index (κ2) is 8.02. The van der Waals surface area contributed by atoms with Crippen molar-refractivity contribution in [1.29, 1.82) is 0 Å². The summed E-state index contributed by atoms with van der Waals surface area (Å²) in [6.45, 7) is 0.219. The van der Waals surface area contributed by atoms with Crippen molar-refractivity contribution in [2.24, 2.45) is 0 Å². The third-order valence-electron chi connectivity index (χ3n) is 3.55. The van der Waals surface area contributed by atoms with E-state index >= 15 is 0 Å². The molecular formula is C20H17NO5. The number of aromatic nitrogens is 1. The zero-order chi connectivity index (χ0) is 18.4. The summed E-state index contributed by atoms with van der Waals surface area (Å²) in [5, 5.41) is 8.69. The van der Waals surface area contributed by atoms with Crippen molar-refractivity contribution in [3.05, 3.63) is 72.1 Å². The quantitative estimate of drug-likeness (QED) is 0.647. The number of carbonyl (C=O) groups is 1. The SMILES string of the molecule is COc1cc(C=CC(=O)O)ccc1OCc1coc(-c2ccccc2)n1. The lowest BCUT2D eigenvalue weighted by molar-refractivity contribution is -0.131. The molecule has 1 N–H and O–H groups in total. The highest BCUT2D eigenvalue weighted by Crippen LogP contribution is 2.29. The number of benzene rings is 2. The van der Waals surface area contributed by atoms with Crippen LogP contribution >= 0.6 is 0 Å². The summed E-state index contributed by atoms with van der Waals surface area (Å²) in [4.78, 5) is 15.0. The predicted octanol–water partition coefficient (Wildman–Crippen LogP) is 4.03. The highest BCUT2D eigenvalue weighted by molar-refractivity contribution is 5.85. The Labute approximate surface area is 150 Å². The number of rotatable bonds is 7. The summed E-state index contributed by atoms with van der Waals surface area (Å²) in [5.41, 5.74) is 2.25. The fourth-order valence-electron chi connectivity index (χ4n) is 2.31. The van der Waals surface area contributed by atoms with E-state index in [0.717, 1.165) is 11.6 Å². The maximum atomic E-state index is 10.6. The molecule has 132 valence electrons. The first-order valence-electron chi connectivity index (χ1n) is 7.87. The van der Waals surface area contributed by atoms with Crippen LogP contribution in [0.1, 0.15) is 11.3 Å². The topological polar surface area (TPSA) is 81.8 Å². The average Bonchev–Trinajstić information content (AvgIpc) is 3.14. The highest BCUT2D eigenvalue weighted by Gasteiger charge is 2.09. The molecule has 0 spiro atoms. The minimum Gasteiger partial charge on any atom is -0.493 e. The van der Waals surface area contributed by atoms with Gasteiger partial charge in [0.25, 0.3) is 0 Å². The lowest BCUT2D eigenvalue weighted by Crippen LogP contribution is -1.98. The number of oxazole rings is 1. The average molecular weight is 351 g/mol. The standard InChI is InChI=1S/C20H17NO5/c1-24-18-11-14(8-10-19(22)23)7-9-17(18)25-12-16-13-26-20(21-16)15-5-3-2-4-6-15/h2-11,13H,12H2,1H3,(H,22,23). The molecule has 0 fully saturated rings. The van der Waals surface area contributed by atoms with Crippen LogP contribution in [0.3, 0.4) is 0 Å². The van der Waals surface area contributed by atoms with Crippen molar-refractivity contribution < 1.29 is 23.8 Å². The number of aliphatic carboxylic acids is 1. The van der Waals surface area contributed by atoms with Crippen LogP contribution < -0.4 is 9.47 Å². The van der Waals surface area contributed by atoms with Crippen LogP contribution in [0.2, 0.25) is 0 Å². The Morgan fingerprint density at radius 3 is 2.73 bits per heavy atom. The van der Waals surface area contributed by atoms with Crippen LogP contribution in [0.25, 0.3) is 17.5 Å². The Morgan fingerprint density at radius 2 is 2.00 bits per heavy atom. The number of hydrogen-bond acceptors (Lipinski definition) is 5. The van der Waals surface area contributed by atoms with E-state index in [1.807, 2.05) is 30.3 Å². The van der Waals surface area contributed by atoms with E-state index in [1.165, 1.54) is 13.2 Å². The zero-order valence-electron chi connectivity index (χ0n) is 14.1. The predicted molar refractivity (Wildman–Crippen MR) is 95.9 cm³/mol. The van der Waals surface area contributed by atoms with Gasteiger partial charge >= 0.3 is 5.97 Å². The molecule has 0 atom stereocenters. The van der Waals surface area contributed by atoms with Crippen LogP contribution in [0.15, 0.2) is 65.3 Å². The molecule has 0 saturated heterocycles. The van der Waals surface area contributed by atoms with Crippen molar-refractivity contribution in [3.8, 4) is 23.0 Å². The minimum atomic E-state index is -1.01. The van der Waals surface area contributed by atoms with E-state index < -0.39 is 5.97 Å². The molecule has 0 saturated carbocycles. The summed E-state index contributed by atoms with van der Waals surface area (Å²) in [7, 11) is 1.52. The summed E-state index contributed by atoms with van der Waals surface area (Å²) in [6.07, 6.45) is 4.10. The summed E-state index contributed by atoms with van der Waals surface area (Å²) < 4.78 is 16.5. The number of carboxylic acid groups (broad SMARTS) is 1. The molecule has 2 aromatic carbocycles. The Balaban J connectivity index is 1.70. The van der Waals surface area contributed by atoms with Gasteiger partial charge in [-0.25, -0.2) is 9.78 Å². The fourth-order valence-corrected chi connectivity index (χ4v) is 2.31. The first-order chi connectivity index (χ1) is 12.7. The Bertz CT molecular complexity index is 915. The summed E-state index contributed by atoms with van der Waals surface area (Å²) >= 11 is 0. The third-order valence-corrected chi connectivity index (χ3v) is 3.55. The highest BCUT2D eigenvalue weighted by atomic mass is 16.5. The van der Waals surface area contributed by atoms with Gasteiger partial charge in [-0.05, 0) is 35.9 Å². The Morgan fingerprint density at radius 1 is 1.19 bits per heavy atom. The minimum absolute atomic E-state index is 0.219. The van der Waals surface area contributed by atoms with Gasteiger partial charge < -0.3 is 19.0 Å². The van der Waals surface area contributed by atoms with Crippen molar-refractivity contribution in [3.63, 3.8) is 0 Å². The zero-order valence-corrected chi connectivity index (χ0v) is 14.1. The van der Waals surface area contributed by atoms with Gasteiger partial charge in [-0.15, -0.1) is 0 Å². The first kappa shape index (κ1) is 17.3. The van der Waals surface area contributed by atoms with E-state index in [0.29, 0.717) is 28.6 Å². The van der Waals surface area contributed by atoms with Crippen molar-refractivity contribution >= 4 is 12.0 Å². The molecule has 26 heavy (non-hydrogen) atoms. The smallest absolute Gasteiger partial charge is 0.328 e. The number of nitrogens with zero attached hydrogens (tertiary/aromatic N) is 1. The molecule has 3 rings (SSSR count). The Kier molecular flexibility index (Phi) is 5.34. The fraction of sp³-hybridized carbons (Fsp3) is 0.100. The molecule has 0 radical (unpaired) electrons. The molecule has 0 aliphatic heterocycles. The molecule has 1 heterocycles. The normalized spacial score (nSPS) is 10.8. The van der Waals surface area contributed by atoms with Gasteiger partial charge in [0.15, 0.2) is 11.5 Å². The van der Waals surface area contributed by atoms with Crippen molar-refractivity contribution in [2.75, 3.05) is 7.11 Å². The van der Waals surface area contributed by atoms with Gasteiger partial charge in [0.2, 0.25) is 5.89 Å².